The van der Waals surface area contributed by atoms with E-state index in [0.29, 0.717) is 18.3 Å². The Balaban J connectivity index is 1.20. The number of nitrogens with zero attached hydrogens (tertiary/aromatic N) is 4. The summed E-state index contributed by atoms with van der Waals surface area (Å²) in [6.07, 6.45) is 9.34. The Bertz CT molecular complexity index is 1550. The van der Waals surface area contributed by atoms with E-state index in [0.717, 1.165) is 59.3 Å². The van der Waals surface area contributed by atoms with E-state index in [9.17, 15) is 9.90 Å². The zero-order valence-corrected chi connectivity index (χ0v) is 19.7. The molecule has 1 saturated heterocycles. The van der Waals surface area contributed by atoms with Crippen LogP contribution in [0.2, 0.25) is 0 Å². The molecule has 0 radical (unpaired) electrons. The number of nitrogens with one attached hydrogen (secondary N) is 2. The third-order valence-corrected chi connectivity index (χ3v) is 7.01. The van der Waals surface area contributed by atoms with Crippen molar-refractivity contribution in [2.24, 2.45) is 5.73 Å². The number of amides is 1. The number of aromatic nitrogens is 4. The number of piperidine rings is 1. The molecule has 0 saturated carbocycles. The van der Waals surface area contributed by atoms with Gasteiger partial charge in [-0.15, -0.1) is 0 Å². The summed E-state index contributed by atoms with van der Waals surface area (Å²) >= 11 is 0. The molecule has 0 atom stereocenters. The van der Waals surface area contributed by atoms with E-state index in [1.165, 1.54) is 5.56 Å². The molecule has 5 aromatic rings. The number of primary amides is 1. The van der Waals surface area contributed by atoms with Gasteiger partial charge in [0.25, 0.3) is 0 Å². The highest BCUT2D eigenvalue weighted by Crippen LogP contribution is 2.32. The zero-order chi connectivity index (χ0) is 24.6. The van der Waals surface area contributed by atoms with Gasteiger partial charge in [0.05, 0.1) is 18.4 Å². The fourth-order valence-electron chi connectivity index (χ4n) is 5.12. The van der Waals surface area contributed by atoms with Crippen LogP contribution >= 0.6 is 0 Å². The molecule has 36 heavy (non-hydrogen) atoms. The van der Waals surface area contributed by atoms with Crippen LogP contribution in [0.1, 0.15) is 24.3 Å². The van der Waals surface area contributed by atoms with Crippen LogP contribution in [0.3, 0.4) is 0 Å². The maximum absolute atomic E-state index is 11.2. The van der Waals surface area contributed by atoms with Crippen LogP contribution in [0.4, 0.5) is 11.5 Å². The first-order valence-electron chi connectivity index (χ1n) is 12.1. The summed E-state index contributed by atoms with van der Waals surface area (Å²) in [6.45, 7) is 2.12. The van der Waals surface area contributed by atoms with Gasteiger partial charge >= 0.3 is 0 Å². The minimum atomic E-state index is -0.265. The van der Waals surface area contributed by atoms with Crippen LogP contribution in [-0.2, 0) is 4.79 Å². The lowest BCUT2D eigenvalue weighted by molar-refractivity contribution is -0.119. The molecule has 1 aliphatic heterocycles. The number of anilines is 2. The van der Waals surface area contributed by atoms with Crippen molar-refractivity contribution in [3.05, 3.63) is 72.8 Å². The van der Waals surface area contributed by atoms with Crippen molar-refractivity contribution in [3.63, 3.8) is 0 Å². The molecular formula is C27H27N7O2. The molecule has 182 valence electrons. The first-order chi connectivity index (χ1) is 17.5. The highest BCUT2D eigenvalue weighted by Gasteiger charge is 2.21. The molecule has 0 unspecified atom stereocenters. The van der Waals surface area contributed by atoms with Crippen molar-refractivity contribution in [3.8, 4) is 17.1 Å². The Kier molecular flexibility index (Phi) is 5.54. The summed E-state index contributed by atoms with van der Waals surface area (Å²) in [7, 11) is 0. The highest BCUT2D eigenvalue weighted by molar-refractivity contribution is 5.91. The first-order valence-corrected chi connectivity index (χ1v) is 12.1. The molecule has 0 aliphatic carbocycles. The number of carbonyl (C=O) groups excluding carboxylic acids is 1. The third kappa shape index (κ3) is 4.14. The molecule has 1 fully saturated rings. The lowest BCUT2D eigenvalue weighted by Gasteiger charge is -2.31. The van der Waals surface area contributed by atoms with Gasteiger partial charge in [-0.2, -0.15) is 0 Å². The number of carbonyl (C=O) groups is 1. The van der Waals surface area contributed by atoms with Gasteiger partial charge in [-0.1, -0.05) is 18.2 Å². The van der Waals surface area contributed by atoms with Crippen molar-refractivity contribution in [2.45, 2.75) is 18.8 Å². The average Bonchev–Trinajstić information content (AvgIpc) is 3.52. The van der Waals surface area contributed by atoms with E-state index in [-0.39, 0.29) is 11.8 Å². The number of aromatic hydroxyl groups is 1. The largest absolute Gasteiger partial charge is 0.494 e. The maximum Gasteiger partial charge on any atom is 0.231 e. The van der Waals surface area contributed by atoms with Crippen LogP contribution < -0.4 is 11.1 Å². The molecule has 9 nitrogen and oxygen atoms in total. The fourth-order valence-corrected chi connectivity index (χ4v) is 5.12. The number of nitrogens with two attached hydrogens (primary N) is 1. The van der Waals surface area contributed by atoms with Crippen LogP contribution in [0.5, 0.6) is 5.88 Å². The van der Waals surface area contributed by atoms with E-state index in [4.69, 9.17) is 5.73 Å². The minimum Gasteiger partial charge on any atom is -0.494 e. The quantitative estimate of drug-likeness (QED) is 0.291. The lowest BCUT2D eigenvalue weighted by Crippen LogP contribution is -2.39. The van der Waals surface area contributed by atoms with Gasteiger partial charge in [0.2, 0.25) is 5.91 Å². The number of hydrogen-bond acceptors (Lipinski definition) is 6. The summed E-state index contributed by atoms with van der Waals surface area (Å²) in [4.78, 5) is 25.4. The predicted molar refractivity (Wildman–Crippen MR) is 139 cm³/mol. The molecule has 3 aromatic heterocycles. The Morgan fingerprint density at radius 1 is 1.14 bits per heavy atom. The number of rotatable bonds is 6. The third-order valence-electron chi connectivity index (χ3n) is 7.01. The van der Waals surface area contributed by atoms with Crippen molar-refractivity contribution < 1.29 is 9.90 Å². The van der Waals surface area contributed by atoms with Crippen LogP contribution in [0.25, 0.3) is 27.7 Å². The zero-order valence-electron chi connectivity index (χ0n) is 19.7. The second kappa shape index (κ2) is 9.01. The van der Waals surface area contributed by atoms with Crippen molar-refractivity contribution in [1.29, 1.82) is 0 Å². The molecule has 1 amide bonds. The lowest BCUT2D eigenvalue weighted by atomic mass is 9.89. The van der Waals surface area contributed by atoms with Gasteiger partial charge < -0.3 is 21.1 Å². The highest BCUT2D eigenvalue weighted by atomic mass is 16.3. The molecule has 5 N–H and O–H groups in total. The standard InChI is InChI=1S/C27H27N7O2/c28-24(35)16-33-10-7-18(8-11-33)17-1-4-21(5-2-17)32-25-26-29-9-12-34(26)23(15-30-25)19-3-6-22-20(13-19)14-31-27(22)36/h1-6,9,12-15,18,31,36H,7-8,10-11,16H2,(H2,28,35)(H,30,32). The molecule has 6 rings (SSSR count). The van der Waals surface area contributed by atoms with Gasteiger partial charge in [0.1, 0.15) is 0 Å². The number of aromatic amines is 1. The summed E-state index contributed by atoms with van der Waals surface area (Å²) in [5.74, 6) is 1.07. The van der Waals surface area contributed by atoms with Gasteiger partial charge in [-0.25, -0.2) is 9.97 Å². The maximum atomic E-state index is 11.2. The molecule has 0 spiro atoms. The Labute approximate surface area is 207 Å². The van der Waals surface area contributed by atoms with Gasteiger partial charge in [0.15, 0.2) is 17.3 Å². The number of imidazole rings is 1. The Morgan fingerprint density at radius 3 is 2.72 bits per heavy atom. The molecular weight excluding hydrogens is 454 g/mol. The summed E-state index contributed by atoms with van der Waals surface area (Å²) in [6, 6.07) is 14.4. The van der Waals surface area contributed by atoms with E-state index >= 15 is 0 Å². The number of fused-ring (bicyclic) bond motifs is 2. The number of hydrogen-bond donors (Lipinski definition) is 4. The molecule has 4 heterocycles. The number of likely N-dealkylation sites (tertiary alicyclic amines) is 1. The number of benzene rings is 2. The van der Waals surface area contributed by atoms with E-state index in [2.05, 4.69) is 49.4 Å². The van der Waals surface area contributed by atoms with Gasteiger partial charge in [-0.05, 0) is 61.7 Å². The monoisotopic (exact) mass is 481 g/mol. The van der Waals surface area contributed by atoms with E-state index < -0.39 is 0 Å². The number of H-pyrrole nitrogens is 1. The normalized spacial score (nSPS) is 15.0. The fraction of sp³-hybridized carbons (Fsp3) is 0.222. The molecule has 0 bridgehead atoms. The molecule has 2 aromatic carbocycles. The first kappa shape index (κ1) is 22.1. The summed E-state index contributed by atoms with van der Waals surface area (Å²) < 4.78 is 2.01. The van der Waals surface area contributed by atoms with Gasteiger partial charge in [0, 0.05) is 40.6 Å². The predicted octanol–water partition coefficient (Wildman–Crippen LogP) is 3.99. The van der Waals surface area contributed by atoms with Crippen LogP contribution in [0.15, 0.2) is 67.3 Å². The molecule has 1 aliphatic rings. The van der Waals surface area contributed by atoms with Crippen molar-refractivity contribution in [1.82, 2.24) is 24.3 Å². The second-order valence-corrected chi connectivity index (χ2v) is 9.32. The van der Waals surface area contributed by atoms with Gasteiger partial charge in [-0.3, -0.25) is 14.1 Å². The van der Waals surface area contributed by atoms with E-state index in [1.54, 1.807) is 12.4 Å². The average molecular weight is 482 g/mol. The second-order valence-electron chi connectivity index (χ2n) is 9.32. The Hall–Kier alpha value is -4.37. The van der Waals surface area contributed by atoms with Crippen molar-refractivity contribution in [2.75, 3.05) is 25.0 Å². The smallest absolute Gasteiger partial charge is 0.231 e. The summed E-state index contributed by atoms with van der Waals surface area (Å²) in [5, 5.41) is 15.0. The van der Waals surface area contributed by atoms with Crippen LogP contribution in [-0.4, -0.2) is 54.9 Å². The SMILES string of the molecule is NC(=O)CN1CCC(c2ccc(Nc3ncc(-c4ccc5c(O)[nH]cc5c4)n4ccnc34)cc2)CC1. The van der Waals surface area contributed by atoms with E-state index in [1.807, 2.05) is 35.0 Å². The topological polar surface area (TPSA) is 125 Å². The Morgan fingerprint density at radius 2 is 1.94 bits per heavy atom. The molecule has 9 heteroatoms. The minimum absolute atomic E-state index is 0.168. The van der Waals surface area contributed by atoms with Crippen LogP contribution in [0, 0.1) is 0 Å². The summed E-state index contributed by atoms with van der Waals surface area (Å²) in [5.41, 5.74) is 10.2. The van der Waals surface area contributed by atoms with Crippen molar-refractivity contribution >= 4 is 33.8 Å².